The van der Waals surface area contributed by atoms with Gasteiger partial charge in [-0.15, -0.1) is 0 Å². The minimum Gasteiger partial charge on any atom is -0.383 e. The highest BCUT2D eigenvalue weighted by atomic mass is 16.5. The Balaban J connectivity index is 1.45. The number of piperidine rings is 1. The molecule has 2 fully saturated rings. The van der Waals surface area contributed by atoms with Crippen LogP contribution in [0, 0.1) is 5.41 Å². The van der Waals surface area contributed by atoms with Crippen molar-refractivity contribution in [2.24, 2.45) is 5.41 Å². The number of nitrogens with zero attached hydrogens (tertiary/aromatic N) is 5. The van der Waals surface area contributed by atoms with Crippen LogP contribution in [0.3, 0.4) is 0 Å². The zero-order chi connectivity index (χ0) is 28.5. The Morgan fingerprint density at radius 2 is 1.88 bits per heavy atom. The van der Waals surface area contributed by atoms with Crippen molar-refractivity contribution in [2.75, 3.05) is 46.4 Å². The minimum absolute atomic E-state index is 0.0980. The topological polar surface area (TPSA) is 105 Å². The van der Waals surface area contributed by atoms with E-state index in [1.165, 1.54) is 5.56 Å². The third-order valence-corrected chi connectivity index (χ3v) is 8.77. The van der Waals surface area contributed by atoms with Crippen LogP contribution in [0.25, 0.3) is 11.4 Å². The molecule has 3 aromatic rings. The van der Waals surface area contributed by atoms with Crippen molar-refractivity contribution in [3.05, 3.63) is 65.3 Å². The molecule has 1 N–H and O–H groups in total. The van der Waals surface area contributed by atoms with Crippen molar-refractivity contribution in [1.29, 1.82) is 0 Å². The van der Waals surface area contributed by atoms with Crippen molar-refractivity contribution in [2.45, 2.75) is 58.0 Å². The summed E-state index contributed by atoms with van der Waals surface area (Å²) >= 11 is 0. The van der Waals surface area contributed by atoms with Gasteiger partial charge in [-0.25, -0.2) is 0 Å². The van der Waals surface area contributed by atoms with Crippen LogP contribution < -0.4 is 0 Å². The first-order chi connectivity index (χ1) is 19.1. The van der Waals surface area contributed by atoms with Crippen LogP contribution in [0.1, 0.15) is 75.0 Å². The van der Waals surface area contributed by atoms with Gasteiger partial charge in [0.05, 0.1) is 6.61 Å². The lowest BCUT2D eigenvalue weighted by atomic mass is 9.62. The summed E-state index contributed by atoms with van der Waals surface area (Å²) in [7, 11) is 1.71. The molecule has 214 valence electrons. The molecule has 0 bridgehead atoms. The van der Waals surface area contributed by atoms with Gasteiger partial charge in [0.15, 0.2) is 0 Å². The van der Waals surface area contributed by atoms with Crippen molar-refractivity contribution in [3.63, 3.8) is 0 Å². The summed E-state index contributed by atoms with van der Waals surface area (Å²) in [6.45, 7) is 12.4. The summed E-state index contributed by atoms with van der Waals surface area (Å²) in [4.78, 5) is 25.1. The van der Waals surface area contributed by atoms with Gasteiger partial charge in [0.2, 0.25) is 17.6 Å². The van der Waals surface area contributed by atoms with Gasteiger partial charge < -0.3 is 19.3 Å². The number of hydrogen-bond donors (Lipinski definition) is 1. The molecule has 2 aromatic heterocycles. The van der Waals surface area contributed by atoms with Gasteiger partial charge in [0.1, 0.15) is 5.60 Å². The summed E-state index contributed by atoms with van der Waals surface area (Å²) in [5.41, 5.74) is 1.76. The van der Waals surface area contributed by atoms with E-state index in [-0.39, 0.29) is 11.8 Å². The Morgan fingerprint density at radius 3 is 2.50 bits per heavy atom. The standard InChI is InChI=1S/C31H41N5O4/c1-21(2)23-6-8-26(9-7-23)31(38,30(4)19-35(20-30)14-15-39-5)27-16-25(17-32-18-27)28-33-29(40-34-28)24-10-12-36(13-11-24)22(3)37/h6-9,16-18,21,24,38H,10-15,19-20H2,1-5H3/t31-/m0/s1. The Kier molecular flexibility index (Phi) is 8.08. The lowest BCUT2D eigenvalue weighted by Gasteiger charge is -2.57. The second-order valence-electron chi connectivity index (χ2n) is 12.0. The van der Waals surface area contributed by atoms with Crippen LogP contribution in [0.2, 0.25) is 0 Å². The second kappa shape index (κ2) is 11.4. The highest BCUT2D eigenvalue weighted by molar-refractivity contribution is 5.73. The molecule has 0 aliphatic carbocycles. The lowest BCUT2D eigenvalue weighted by Crippen LogP contribution is -2.65. The Labute approximate surface area is 236 Å². The number of aliphatic hydroxyl groups is 1. The lowest BCUT2D eigenvalue weighted by molar-refractivity contribution is -0.138. The number of likely N-dealkylation sites (tertiary alicyclic amines) is 2. The number of aromatic nitrogens is 3. The molecule has 2 aliphatic rings. The number of ether oxygens (including phenoxy) is 1. The monoisotopic (exact) mass is 547 g/mol. The third kappa shape index (κ3) is 5.30. The second-order valence-corrected chi connectivity index (χ2v) is 12.0. The first-order valence-corrected chi connectivity index (χ1v) is 14.2. The summed E-state index contributed by atoms with van der Waals surface area (Å²) in [5.74, 6) is 1.66. The number of hydrogen-bond acceptors (Lipinski definition) is 8. The fraction of sp³-hybridized carbons (Fsp3) is 0.548. The SMILES string of the molecule is COCCN1CC(C)([C@](O)(c2ccc(C(C)C)cc2)c2cncc(-c3noc(C4CCN(C(C)=O)CC4)n3)c2)C1. The van der Waals surface area contributed by atoms with E-state index >= 15 is 0 Å². The molecule has 2 saturated heterocycles. The number of carbonyl (C=O) groups is 1. The number of rotatable bonds is 9. The molecule has 4 heterocycles. The van der Waals surface area contributed by atoms with Gasteiger partial charge in [-0.2, -0.15) is 4.98 Å². The van der Waals surface area contributed by atoms with Crippen LogP contribution in [-0.2, 0) is 15.1 Å². The van der Waals surface area contributed by atoms with E-state index in [2.05, 4.69) is 47.9 Å². The maximum atomic E-state index is 12.7. The maximum Gasteiger partial charge on any atom is 0.230 e. The quantitative estimate of drug-likeness (QED) is 0.425. The molecule has 40 heavy (non-hydrogen) atoms. The van der Waals surface area contributed by atoms with Crippen LogP contribution >= 0.6 is 0 Å². The Hall–Kier alpha value is -3.14. The largest absolute Gasteiger partial charge is 0.383 e. The van der Waals surface area contributed by atoms with Crippen LogP contribution in [-0.4, -0.2) is 82.4 Å². The van der Waals surface area contributed by atoms with Gasteiger partial charge in [-0.3, -0.25) is 14.7 Å². The normalized spacial score (nSPS) is 19.4. The molecular formula is C31H41N5O4. The zero-order valence-corrected chi connectivity index (χ0v) is 24.3. The molecule has 9 heteroatoms. The first kappa shape index (κ1) is 28.4. The van der Waals surface area contributed by atoms with Crippen LogP contribution in [0.5, 0.6) is 0 Å². The van der Waals surface area contributed by atoms with E-state index in [4.69, 9.17) is 14.2 Å². The molecule has 0 spiro atoms. The fourth-order valence-electron chi connectivity index (χ4n) is 6.24. The van der Waals surface area contributed by atoms with Gasteiger partial charge >= 0.3 is 0 Å². The van der Waals surface area contributed by atoms with Crippen molar-refractivity contribution in [1.82, 2.24) is 24.9 Å². The molecule has 0 saturated carbocycles. The summed E-state index contributed by atoms with van der Waals surface area (Å²) in [5, 5.41) is 16.9. The smallest absolute Gasteiger partial charge is 0.230 e. The van der Waals surface area contributed by atoms with Crippen molar-refractivity contribution < 1.29 is 19.2 Å². The van der Waals surface area contributed by atoms with E-state index in [0.29, 0.717) is 48.5 Å². The average Bonchev–Trinajstić information content (AvgIpc) is 3.45. The molecule has 1 aromatic carbocycles. The molecule has 0 unspecified atom stereocenters. The maximum absolute atomic E-state index is 12.7. The third-order valence-electron chi connectivity index (χ3n) is 8.77. The average molecular weight is 548 g/mol. The molecule has 1 amide bonds. The molecule has 2 aliphatic heterocycles. The summed E-state index contributed by atoms with van der Waals surface area (Å²) in [6.07, 6.45) is 5.06. The molecule has 1 atom stereocenters. The van der Waals surface area contributed by atoms with Crippen LogP contribution in [0.4, 0.5) is 0 Å². The minimum atomic E-state index is -1.28. The molecule has 0 radical (unpaired) electrons. The molecular weight excluding hydrogens is 506 g/mol. The van der Waals surface area contributed by atoms with Gasteiger partial charge in [-0.05, 0) is 36.0 Å². The molecule has 9 nitrogen and oxygen atoms in total. The van der Waals surface area contributed by atoms with E-state index in [9.17, 15) is 9.90 Å². The highest BCUT2D eigenvalue weighted by Crippen LogP contribution is 2.50. The van der Waals surface area contributed by atoms with Crippen molar-refractivity contribution >= 4 is 5.91 Å². The summed E-state index contributed by atoms with van der Waals surface area (Å²) < 4.78 is 11.0. The van der Waals surface area contributed by atoms with Crippen molar-refractivity contribution in [3.8, 4) is 11.4 Å². The van der Waals surface area contributed by atoms with E-state index in [1.807, 2.05) is 23.1 Å². The highest BCUT2D eigenvalue weighted by Gasteiger charge is 2.56. The Morgan fingerprint density at radius 1 is 1.18 bits per heavy atom. The Bertz CT molecular complexity index is 1310. The zero-order valence-electron chi connectivity index (χ0n) is 24.3. The van der Waals surface area contributed by atoms with E-state index in [0.717, 1.165) is 38.0 Å². The van der Waals surface area contributed by atoms with Gasteiger partial charge in [0.25, 0.3) is 0 Å². The number of benzene rings is 1. The number of pyridine rings is 1. The predicted molar refractivity (Wildman–Crippen MR) is 152 cm³/mol. The van der Waals surface area contributed by atoms with Gasteiger partial charge in [0, 0.05) is 81.6 Å². The fourth-order valence-corrected chi connectivity index (χ4v) is 6.24. The first-order valence-electron chi connectivity index (χ1n) is 14.2. The number of methoxy groups -OCH3 is 1. The van der Waals surface area contributed by atoms with E-state index in [1.54, 1.807) is 26.4 Å². The predicted octanol–water partition coefficient (Wildman–Crippen LogP) is 4.19. The summed E-state index contributed by atoms with van der Waals surface area (Å²) in [6, 6.07) is 10.3. The number of amides is 1. The number of carbonyl (C=O) groups excluding carboxylic acids is 1. The van der Waals surface area contributed by atoms with E-state index < -0.39 is 11.0 Å². The molecule has 5 rings (SSSR count). The van der Waals surface area contributed by atoms with Gasteiger partial charge in [-0.1, -0.05) is 50.2 Å². The van der Waals surface area contributed by atoms with Crippen LogP contribution in [0.15, 0.2) is 47.2 Å².